The van der Waals surface area contributed by atoms with E-state index < -0.39 is 5.60 Å². The van der Waals surface area contributed by atoms with Gasteiger partial charge in [-0.2, -0.15) is 0 Å². The molecule has 1 aliphatic carbocycles. The second kappa shape index (κ2) is 9.93. The number of hydrogen-bond donors (Lipinski definition) is 1. The Hall–Kier alpha value is -3.19. The maximum atomic E-state index is 12.7. The summed E-state index contributed by atoms with van der Waals surface area (Å²) in [6, 6.07) is 13.8. The van der Waals surface area contributed by atoms with Gasteiger partial charge < -0.3 is 14.4 Å². The Bertz CT molecular complexity index is 1320. The molecule has 7 heteroatoms. The van der Waals surface area contributed by atoms with Crippen LogP contribution in [0.15, 0.2) is 42.5 Å². The van der Waals surface area contributed by atoms with Crippen molar-refractivity contribution in [1.29, 1.82) is 0 Å². The van der Waals surface area contributed by atoms with E-state index in [2.05, 4.69) is 4.57 Å². The molecule has 37 heavy (non-hydrogen) atoms. The van der Waals surface area contributed by atoms with Crippen molar-refractivity contribution in [3.63, 3.8) is 0 Å². The van der Waals surface area contributed by atoms with Crippen molar-refractivity contribution in [2.75, 3.05) is 12.0 Å². The van der Waals surface area contributed by atoms with Crippen LogP contribution >= 0.6 is 0 Å². The Balaban J connectivity index is 1.76. The number of rotatable bonds is 5. The Labute approximate surface area is 218 Å². The smallest absolute Gasteiger partial charge is 0.414 e. The number of ketones is 1. The van der Waals surface area contributed by atoms with Crippen LogP contribution in [0.2, 0.25) is 0 Å². The average molecular weight is 504 g/mol. The van der Waals surface area contributed by atoms with E-state index >= 15 is 0 Å². The molecule has 1 fully saturated rings. The van der Waals surface area contributed by atoms with Crippen molar-refractivity contribution >= 4 is 28.6 Å². The summed E-state index contributed by atoms with van der Waals surface area (Å²) in [6.45, 7) is 5.70. The van der Waals surface area contributed by atoms with Crippen LogP contribution in [0.5, 0.6) is 0 Å². The van der Waals surface area contributed by atoms with Crippen molar-refractivity contribution in [2.45, 2.75) is 83.4 Å². The minimum Gasteiger partial charge on any atom is -0.452 e. The molecule has 2 aliphatic rings. The molecule has 5 rings (SSSR count). The summed E-state index contributed by atoms with van der Waals surface area (Å²) in [7, 11) is 1.41. The number of carbonyl (C=O) groups excluding carboxylic acids is 2. The van der Waals surface area contributed by atoms with Crippen molar-refractivity contribution in [3.8, 4) is 0 Å². The van der Waals surface area contributed by atoms with Crippen LogP contribution in [0.3, 0.4) is 0 Å². The topological polar surface area (TPSA) is 84.7 Å². The van der Waals surface area contributed by atoms with E-state index in [-0.39, 0.29) is 29.9 Å². The summed E-state index contributed by atoms with van der Waals surface area (Å²) >= 11 is 0. The Morgan fingerprint density at radius 3 is 2.57 bits per heavy atom. The minimum atomic E-state index is -1.29. The summed E-state index contributed by atoms with van der Waals surface area (Å²) in [4.78, 5) is 32.0. The highest BCUT2D eigenvalue weighted by Crippen LogP contribution is 2.44. The van der Waals surface area contributed by atoms with Gasteiger partial charge >= 0.3 is 6.09 Å². The van der Waals surface area contributed by atoms with Gasteiger partial charge in [0.05, 0.1) is 23.8 Å². The van der Waals surface area contributed by atoms with Gasteiger partial charge in [-0.3, -0.25) is 9.69 Å². The third-order valence-electron chi connectivity index (χ3n) is 8.55. The highest BCUT2D eigenvalue weighted by atomic mass is 16.5. The van der Waals surface area contributed by atoms with Crippen molar-refractivity contribution in [1.82, 2.24) is 9.55 Å². The fraction of sp³-hybridized carbons (Fsp3) is 0.500. The van der Waals surface area contributed by atoms with E-state index in [1.807, 2.05) is 56.3 Å². The lowest BCUT2D eigenvalue weighted by Crippen LogP contribution is -2.42. The molecule has 0 radical (unpaired) electrons. The van der Waals surface area contributed by atoms with Crippen molar-refractivity contribution < 1.29 is 19.4 Å². The van der Waals surface area contributed by atoms with Gasteiger partial charge in [0.15, 0.2) is 0 Å². The molecule has 2 heterocycles. The number of aryl methyl sites for hydroxylation is 1. The van der Waals surface area contributed by atoms with Crippen LogP contribution in [-0.2, 0) is 21.6 Å². The molecule has 1 amide bonds. The van der Waals surface area contributed by atoms with Crippen LogP contribution in [0, 0.1) is 5.92 Å². The van der Waals surface area contributed by atoms with Gasteiger partial charge in [-0.25, -0.2) is 9.78 Å². The van der Waals surface area contributed by atoms with Crippen LogP contribution in [0.25, 0.3) is 11.0 Å². The molecular formula is C30H37N3O4. The van der Waals surface area contributed by atoms with Crippen molar-refractivity contribution in [3.05, 3.63) is 59.4 Å². The molecule has 0 bridgehead atoms. The SMILES string of the molecule is CCC(O)(c1ccccc1)c1nc2c3c(ccc2n1[C@@H]1CCC[C@@H](C(C)=O)C1)N(C(=O)OC)[C@@H](C)CC3. The molecule has 3 aromatic rings. The lowest BCUT2D eigenvalue weighted by atomic mass is 9.82. The number of Topliss-reactive ketones (excluding diaryl/α,β-unsaturated/α-hetero) is 1. The standard InChI is InChI=1S/C30H37N3O4/c1-5-30(36,22-11-7-6-8-12-22)28-31-27-24-15-14-19(2)32(29(35)37-4)25(24)16-17-26(27)33(28)23-13-9-10-21(18-23)20(3)34/h6-8,11-12,16-17,19,21,23,36H,5,9-10,13-15,18H2,1-4H3/t19-,21+,23+,30?/m0/s1. The summed E-state index contributed by atoms with van der Waals surface area (Å²) in [5.41, 5.74) is 3.10. The van der Waals surface area contributed by atoms with Crippen LogP contribution < -0.4 is 4.90 Å². The number of benzene rings is 2. The van der Waals surface area contributed by atoms with Crippen LogP contribution in [0.4, 0.5) is 10.5 Å². The van der Waals surface area contributed by atoms with Gasteiger partial charge in [0.1, 0.15) is 17.2 Å². The highest BCUT2D eigenvalue weighted by Gasteiger charge is 2.40. The minimum absolute atomic E-state index is 0.0174. The predicted molar refractivity (Wildman–Crippen MR) is 144 cm³/mol. The van der Waals surface area contributed by atoms with E-state index in [0.717, 1.165) is 66.4 Å². The second-order valence-electron chi connectivity index (χ2n) is 10.7. The summed E-state index contributed by atoms with van der Waals surface area (Å²) in [5.74, 6) is 0.857. The zero-order valence-corrected chi connectivity index (χ0v) is 22.2. The molecule has 7 nitrogen and oxygen atoms in total. The number of carbonyl (C=O) groups is 2. The highest BCUT2D eigenvalue weighted by molar-refractivity contribution is 5.95. The normalized spacial score (nSPS) is 23.4. The van der Waals surface area contributed by atoms with E-state index in [1.165, 1.54) is 7.11 Å². The first-order valence-electron chi connectivity index (χ1n) is 13.5. The maximum absolute atomic E-state index is 12.7. The Kier molecular flexibility index (Phi) is 6.84. The fourth-order valence-corrected chi connectivity index (χ4v) is 6.41. The predicted octanol–water partition coefficient (Wildman–Crippen LogP) is 5.91. The molecule has 0 spiro atoms. The third kappa shape index (κ3) is 4.23. The van der Waals surface area contributed by atoms with Gasteiger partial charge in [0, 0.05) is 23.6 Å². The number of ether oxygens (including phenoxy) is 1. The molecule has 1 aliphatic heterocycles. The fourth-order valence-electron chi connectivity index (χ4n) is 6.41. The lowest BCUT2D eigenvalue weighted by molar-refractivity contribution is -0.122. The van der Waals surface area contributed by atoms with Gasteiger partial charge in [0.25, 0.3) is 0 Å². The number of anilines is 1. The number of amides is 1. The molecule has 4 atom stereocenters. The number of nitrogens with zero attached hydrogens (tertiary/aromatic N) is 3. The summed E-state index contributed by atoms with van der Waals surface area (Å²) in [6.07, 6.45) is 5.21. The summed E-state index contributed by atoms with van der Waals surface area (Å²) < 4.78 is 7.32. The van der Waals surface area contributed by atoms with E-state index in [0.29, 0.717) is 12.2 Å². The zero-order chi connectivity index (χ0) is 26.3. The molecule has 1 saturated carbocycles. The molecule has 1 aromatic heterocycles. The average Bonchev–Trinajstić information content (AvgIpc) is 3.33. The number of aliphatic hydroxyl groups is 1. The quantitative estimate of drug-likeness (QED) is 0.468. The van der Waals surface area contributed by atoms with E-state index in [4.69, 9.17) is 9.72 Å². The number of hydrogen-bond acceptors (Lipinski definition) is 5. The van der Waals surface area contributed by atoms with Gasteiger partial charge in [0.2, 0.25) is 0 Å². The number of aromatic nitrogens is 2. The lowest BCUT2D eigenvalue weighted by Gasteiger charge is -2.35. The molecular weight excluding hydrogens is 466 g/mol. The first-order chi connectivity index (χ1) is 17.8. The third-order valence-corrected chi connectivity index (χ3v) is 8.55. The zero-order valence-electron chi connectivity index (χ0n) is 22.2. The summed E-state index contributed by atoms with van der Waals surface area (Å²) in [5, 5.41) is 12.2. The monoisotopic (exact) mass is 503 g/mol. The van der Waals surface area contributed by atoms with E-state index in [1.54, 1.807) is 11.8 Å². The van der Waals surface area contributed by atoms with Gasteiger partial charge in [-0.1, -0.05) is 43.7 Å². The maximum Gasteiger partial charge on any atom is 0.414 e. The second-order valence-corrected chi connectivity index (χ2v) is 10.7. The largest absolute Gasteiger partial charge is 0.452 e. The first kappa shape index (κ1) is 25.5. The number of imidazole rings is 1. The number of fused-ring (bicyclic) bond motifs is 3. The Morgan fingerprint density at radius 2 is 1.89 bits per heavy atom. The van der Waals surface area contributed by atoms with Gasteiger partial charge in [-0.05, 0) is 70.1 Å². The molecule has 196 valence electrons. The van der Waals surface area contributed by atoms with Crippen LogP contribution in [-0.4, -0.2) is 39.7 Å². The van der Waals surface area contributed by atoms with Gasteiger partial charge in [-0.15, -0.1) is 0 Å². The van der Waals surface area contributed by atoms with Crippen molar-refractivity contribution in [2.24, 2.45) is 5.92 Å². The molecule has 1 N–H and O–H groups in total. The number of methoxy groups -OCH3 is 1. The Morgan fingerprint density at radius 1 is 1.14 bits per heavy atom. The van der Waals surface area contributed by atoms with E-state index in [9.17, 15) is 14.7 Å². The molecule has 1 unspecified atom stereocenters. The van der Waals surface area contributed by atoms with Crippen LogP contribution in [0.1, 0.15) is 82.3 Å². The molecule has 2 aromatic carbocycles. The first-order valence-corrected chi connectivity index (χ1v) is 13.5. The molecule has 0 saturated heterocycles.